The molecular formula is C15H18N2O3. The van der Waals surface area contributed by atoms with Gasteiger partial charge in [0, 0.05) is 24.6 Å². The minimum Gasteiger partial charge on any atom is -0.497 e. The van der Waals surface area contributed by atoms with Gasteiger partial charge in [0.2, 0.25) is 11.8 Å². The van der Waals surface area contributed by atoms with Crippen LogP contribution in [0.4, 0.5) is 5.69 Å². The lowest BCUT2D eigenvalue weighted by molar-refractivity contribution is -0.122. The van der Waals surface area contributed by atoms with E-state index in [0.29, 0.717) is 13.0 Å². The zero-order valence-electron chi connectivity index (χ0n) is 11.5. The summed E-state index contributed by atoms with van der Waals surface area (Å²) < 4.78 is 5.11. The first kappa shape index (κ1) is 13.0. The Labute approximate surface area is 117 Å². The lowest BCUT2D eigenvalue weighted by Gasteiger charge is -2.17. The highest BCUT2D eigenvalue weighted by Gasteiger charge is 2.35. The molecule has 1 aromatic rings. The van der Waals surface area contributed by atoms with E-state index < -0.39 is 0 Å². The molecule has 0 aromatic heterocycles. The van der Waals surface area contributed by atoms with Crippen molar-refractivity contribution >= 4 is 17.5 Å². The van der Waals surface area contributed by atoms with E-state index in [0.717, 1.165) is 24.3 Å². The third kappa shape index (κ3) is 2.61. The number of nitrogens with one attached hydrogen (secondary N) is 1. The van der Waals surface area contributed by atoms with E-state index in [1.54, 1.807) is 12.0 Å². The molecule has 3 rings (SSSR count). The molecule has 1 atom stereocenters. The molecule has 2 aliphatic rings. The largest absolute Gasteiger partial charge is 0.497 e. The summed E-state index contributed by atoms with van der Waals surface area (Å²) in [5, 5.41) is 2.97. The zero-order chi connectivity index (χ0) is 14.1. The van der Waals surface area contributed by atoms with E-state index in [1.807, 2.05) is 24.3 Å². The zero-order valence-corrected chi connectivity index (χ0v) is 11.5. The van der Waals surface area contributed by atoms with Crippen molar-refractivity contribution in [3.63, 3.8) is 0 Å². The van der Waals surface area contributed by atoms with Crippen LogP contribution in [0.15, 0.2) is 24.3 Å². The molecule has 20 heavy (non-hydrogen) atoms. The van der Waals surface area contributed by atoms with Crippen molar-refractivity contribution in [2.75, 3.05) is 18.6 Å². The van der Waals surface area contributed by atoms with Crippen molar-refractivity contribution in [1.29, 1.82) is 0 Å². The molecule has 0 radical (unpaired) electrons. The van der Waals surface area contributed by atoms with Crippen molar-refractivity contribution in [3.8, 4) is 5.75 Å². The van der Waals surface area contributed by atoms with Gasteiger partial charge in [-0.2, -0.15) is 0 Å². The number of anilines is 1. The van der Waals surface area contributed by atoms with Crippen molar-refractivity contribution in [3.05, 3.63) is 24.3 Å². The van der Waals surface area contributed by atoms with Gasteiger partial charge in [0.05, 0.1) is 13.2 Å². The Bertz CT molecular complexity index is 522. The third-order valence-corrected chi connectivity index (χ3v) is 3.80. The number of carbonyl (C=O) groups excluding carboxylic acids is 2. The van der Waals surface area contributed by atoms with Crippen LogP contribution in [0.5, 0.6) is 5.75 Å². The van der Waals surface area contributed by atoms with E-state index >= 15 is 0 Å². The molecule has 0 spiro atoms. The normalized spacial score (nSPS) is 21.9. The van der Waals surface area contributed by atoms with E-state index in [1.165, 1.54) is 0 Å². The summed E-state index contributed by atoms with van der Waals surface area (Å²) in [7, 11) is 1.61. The minimum absolute atomic E-state index is 0.0521. The number of rotatable bonds is 4. The average molecular weight is 274 g/mol. The highest BCUT2D eigenvalue weighted by molar-refractivity contribution is 5.97. The van der Waals surface area contributed by atoms with Gasteiger partial charge in [-0.15, -0.1) is 0 Å². The average Bonchev–Trinajstić information content (AvgIpc) is 3.24. The molecule has 1 aliphatic carbocycles. The topological polar surface area (TPSA) is 58.6 Å². The van der Waals surface area contributed by atoms with Crippen LogP contribution in [0, 0.1) is 5.92 Å². The Morgan fingerprint density at radius 1 is 1.30 bits per heavy atom. The number of ether oxygens (including phenoxy) is 1. The Hall–Kier alpha value is -2.04. The monoisotopic (exact) mass is 274 g/mol. The fourth-order valence-electron chi connectivity index (χ4n) is 2.48. The first-order valence-corrected chi connectivity index (χ1v) is 6.92. The Morgan fingerprint density at radius 3 is 2.60 bits per heavy atom. The van der Waals surface area contributed by atoms with Crippen LogP contribution in [-0.4, -0.2) is 31.5 Å². The molecule has 1 N–H and O–H groups in total. The van der Waals surface area contributed by atoms with Crippen molar-refractivity contribution in [1.82, 2.24) is 5.32 Å². The second-order valence-electron chi connectivity index (χ2n) is 5.39. The SMILES string of the molecule is COc1ccc(N2C[C@H](NC(=O)C3CC3)CC2=O)cc1. The van der Waals surface area contributed by atoms with Gasteiger partial charge in [0.15, 0.2) is 0 Å². The van der Waals surface area contributed by atoms with Crippen LogP contribution in [0.2, 0.25) is 0 Å². The Kier molecular flexibility index (Phi) is 3.34. The number of hydrogen-bond donors (Lipinski definition) is 1. The second kappa shape index (κ2) is 5.15. The molecule has 106 valence electrons. The Morgan fingerprint density at radius 2 is 2.00 bits per heavy atom. The van der Waals surface area contributed by atoms with Crippen LogP contribution in [0.1, 0.15) is 19.3 Å². The van der Waals surface area contributed by atoms with Gasteiger partial charge in [0.1, 0.15) is 5.75 Å². The third-order valence-electron chi connectivity index (χ3n) is 3.80. The summed E-state index contributed by atoms with van der Waals surface area (Å²) in [5.74, 6) is 1.09. The Balaban J connectivity index is 1.64. The maximum atomic E-state index is 12.0. The number of carbonyl (C=O) groups is 2. The molecule has 2 amide bonds. The van der Waals surface area contributed by atoms with Gasteiger partial charge in [0.25, 0.3) is 0 Å². The number of nitrogens with zero attached hydrogens (tertiary/aromatic N) is 1. The van der Waals surface area contributed by atoms with E-state index in [9.17, 15) is 9.59 Å². The molecule has 1 saturated heterocycles. The minimum atomic E-state index is -0.0716. The maximum Gasteiger partial charge on any atom is 0.229 e. The summed E-state index contributed by atoms with van der Waals surface area (Å²) in [4.78, 5) is 25.5. The van der Waals surface area contributed by atoms with Crippen LogP contribution < -0.4 is 15.0 Å². The lowest BCUT2D eigenvalue weighted by Crippen LogP contribution is -2.37. The van der Waals surface area contributed by atoms with Gasteiger partial charge in [-0.3, -0.25) is 9.59 Å². The smallest absolute Gasteiger partial charge is 0.229 e. The van der Waals surface area contributed by atoms with E-state index in [2.05, 4.69) is 5.32 Å². The van der Waals surface area contributed by atoms with E-state index in [-0.39, 0.29) is 23.8 Å². The maximum absolute atomic E-state index is 12.0. The number of hydrogen-bond acceptors (Lipinski definition) is 3. The fraction of sp³-hybridized carbons (Fsp3) is 0.467. The molecule has 5 nitrogen and oxygen atoms in total. The summed E-state index contributed by atoms with van der Waals surface area (Å²) in [6.45, 7) is 0.545. The molecule has 5 heteroatoms. The van der Waals surface area contributed by atoms with Crippen LogP contribution in [0.25, 0.3) is 0 Å². The number of benzene rings is 1. The van der Waals surface area contributed by atoms with Gasteiger partial charge in [-0.1, -0.05) is 0 Å². The molecule has 0 bridgehead atoms. The molecule has 1 heterocycles. The van der Waals surface area contributed by atoms with Crippen LogP contribution in [0.3, 0.4) is 0 Å². The summed E-state index contributed by atoms with van der Waals surface area (Å²) in [6.07, 6.45) is 2.34. The molecule has 1 saturated carbocycles. The van der Waals surface area contributed by atoms with Crippen molar-refractivity contribution in [2.45, 2.75) is 25.3 Å². The quantitative estimate of drug-likeness (QED) is 0.901. The number of methoxy groups -OCH3 is 1. The molecule has 1 aliphatic heterocycles. The van der Waals surface area contributed by atoms with Gasteiger partial charge < -0.3 is 15.0 Å². The van der Waals surface area contributed by atoms with Crippen LogP contribution >= 0.6 is 0 Å². The van der Waals surface area contributed by atoms with Crippen molar-refractivity contribution in [2.24, 2.45) is 5.92 Å². The summed E-state index contributed by atoms with van der Waals surface area (Å²) in [5.41, 5.74) is 0.846. The van der Waals surface area contributed by atoms with Crippen LogP contribution in [-0.2, 0) is 9.59 Å². The molecular weight excluding hydrogens is 256 g/mol. The summed E-state index contributed by atoms with van der Waals surface area (Å²) in [6, 6.07) is 7.32. The first-order valence-electron chi connectivity index (χ1n) is 6.92. The lowest BCUT2D eigenvalue weighted by atomic mass is 10.2. The van der Waals surface area contributed by atoms with Gasteiger partial charge >= 0.3 is 0 Å². The standard InChI is InChI=1S/C15H18N2O3/c1-20-13-6-4-12(5-7-13)17-9-11(8-14(17)18)16-15(19)10-2-3-10/h4-7,10-11H,2-3,8-9H2,1H3,(H,16,19)/t11-/m1/s1. The van der Waals surface area contributed by atoms with Gasteiger partial charge in [-0.05, 0) is 37.1 Å². The molecule has 2 fully saturated rings. The van der Waals surface area contributed by atoms with Crippen molar-refractivity contribution < 1.29 is 14.3 Å². The molecule has 0 unspecified atom stereocenters. The number of amides is 2. The highest BCUT2D eigenvalue weighted by Crippen LogP contribution is 2.30. The second-order valence-corrected chi connectivity index (χ2v) is 5.39. The fourth-order valence-corrected chi connectivity index (χ4v) is 2.48. The predicted molar refractivity (Wildman–Crippen MR) is 74.6 cm³/mol. The van der Waals surface area contributed by atoms with E-state index in [4.69, 9.17) is 4.74 Å². The molecule has 1 aromatic carbocycles. The summed E-state index contributed by atoms with van der Waals surface area (Å²) >= 11 is 0. The van der Waals surface area contributed by atoms with Gasteiger partial charge in [-0.25, -0.2) is 0 Å². The highest BCUT2D eigenvalue weighted by atomic mass is 16.5. The first-order chi connectivity index (χ1) is 9.67. The predicted octanol–water partition coefficient (Wildman–Crippen LogP) is 1.33.